The molecule has 1 nitrogen and oxygen atoms in total. The lowest BCUT2D eigenvalue weighted by molar-refractivity contribution is 1.42. The average Bonchev–Trinajstić information content (AvgIpc) is 2.17. The first-order valence-electron chi connectivity index (χ1n) is 4.62. The van der Waals surface area contributed by atoms with E-state index >= 15 is 0 Å². The maximum atomic E-state index is 8.90. The van der Waals surface area contributed by atoms with Gasteiger partial charge >= 0.3 is 0 Å². The van der Waals surface area contributed by atoms with E-state index in [2.05, 4.69) is 38.2 Å². The fraction of sp³-hybridized carbons (Fsp3) is 0.0833. The van der Waals surface area contributed by atoms with Gasteiger partial charge in [0.15, 0.2) is 0 Å². The van der Waals surface area contributed by atoms with E-state index in [1.54, 1.807) is 0 Å². The summed E-state index contributed by atoms with van der Waals surface area (Å²) in [5.74, 6) is 0. The minimum absolute atomic E-state index is 0.767. The molecule has 2 heteroatoms. The molecule has 14 heavy (non-hydrogen) atoms. The maximum absolute atomic E-state index is 8.90. The molecule has 0 saturated carbocycles. The van der Waals surface area contributed by atoms with Crippen LogP contribution in [0, 0.1) is 18.3 Å². The number of nitriles is 1. The predicted molar refractivity (Wildman–Crippen MR) is 61.6 cm³/mol. The third-order valence-corrected chi connectivity index (χ3v) is 2.46. The Kier molecular flexibility index (Phi) is 2.01. The van der Waals surface area contributed by atoms with Crippen molar-refractivity contribution in [3.8, 4) is 6.07 Å². The van der Waals surface area contributed by atoms with Gasteiger partial charge in [0.25, 0.3) is 0 Å². The summed E-state index contributed by atoms with van der Waals surface area (Å²) in [7, 11) is 2.06. The summed E-state index contributed by atoms with van der Waals surface area (Å²) in [5, 5.41) is 11.2. The highest BCUT2D eigenvalue weighted by molar-refractivity contribution is 6.33. The topological polar surface area (TPSA) is 23.8 Å². The summed E-state index contributed by atoms with van der Waals surface area (Å²) in [6.07, 6.45) is 0. The Labute approximate surface area is 84.4 Å². The van der Waals surface area contributed by atoms with Gasteiger partial charge in [0.05, 0.1) is 11.6 Å². The van der Waals surface area contributed by atoms with Gasteiger partial charge in [-0.05, 0) is 29.3 Å². The molecule has 0 N–H and O–H groups in total. The number of rotatable bonds is 0. The van der Waals surface area contributed by atoms with Crippen LogP contribution in [0.4, 0.5) is 0 Å². The SMILES string of the molecule is Bc1ccc2cc(C)c(C#N)cc2c1. The Morgan fingerprint density at radius 2 is 1.93 bits per heavy atom. The number of nitrogens with zero attached hydrogens (tertiary/aromatic N) is 1. The first kappa shape index (κ1) is 8.84. The third kappa shape index (κ3) is 1.38. The molecule has 2 aromatic carbocycles. The van der Waals surface area contributed by atoms with E-state index in [1.807, 2.05) is 13.0 Å². The molecule has 2 aromatic rings. The molecule has 0 saturated heterocycles. The second-order valence-electron chi connectivity index (χ2n) is 3.63. The summed E-state index contributed by atoms with van der Waals surface area (Å²) in [6.45, 7) is 1.97. The van der Waals surface area contributed by atoms with E-state index in [0.717, 1.165) is 16.5 Å². The molecule has 0 aliphatic rings. The molecule has 0 fully saturated rings. The Morgan fingerprint density at radius 3 is 2.64 bits per heavy atom. The molecule has 0 aromatic heterocycles. The van der Waals surface area contributed by atoms with E-state index in [-0.39, 0.29) is 0 Å². The summed E-state index contributed by atoms with van der Waals surface area (Å²) >= 11 is 0. The number of fused-ring (bicyclic) bond motifs is 1. The highest BCUT2D eigenvalue weighted by Crippen LogP contribution is 2.17. The summed E-state index contributed by atoms with van der Waals surface area (Å²) in [4.78, 5) is 0. The third-order valence-electron chi connectivity index (χ3n) is 2.46. The highest BCUT2D eigenvalue weighted by atomic mass is 14.2. The van der Waals surface area contributed by atoms with Crippen LogP contribution >= 0.6 is 0 Å². The van der Waals surface area contributed by atoms with E-state index in [4.69, 9.17) is 5.26 Å². The largest absolute Gasteiger partial charge is 0.192 e. The second-order valence-corrected chi connectivity index (χ2v) is 3.63. The van der Waals surface area contributed by atoms with Gasteiger partial charge in [0, 0.05) is 0 Å². The van der Waals surface area contributed by atoms with Crippen LogP contribution in [0.2, 0.25) is 0 Å². The monoisotopic (exact) mass is 179 g/mol. The summed E-state index contributed by atoms with van der Waals surface area (Å²) in [6, 6.07) is 12.5. The molecule has 0 aliphatic carbocycles. The van der Waals surface area contributed by atoms with Crippen LogP contribution in [0.25, 0.3) is 10.8 Å². The van der Waals surface area contributed by atoms with Crippen molar-refractivity contribution < 1.29 is 0 Å². The number of hydrogen-bond donors (Lipinski definition) is 0. The Bertz CT molecular complexity index is 538. The normalized spacial score (nSPS) is 10.0. The van der Waals surface area contributed by atoms with Crippen LogP contribution < -0.4 is 5.46 Å². The van der Waals surface area contributed by atoms with Crippen molar-refractivity contribution in [2.24, 2.45) is 0 Å². The molecule has 0 heterocycles. The Morgan fingerprint density at radius 1 is 1.14 bits per heavy atom. The molecule has 0 aliphatic heterocycles. The number of benzene rings is 2. The molecule has 2 rings (SSSR count). The molecule has 0 radical (unpaired) electrons. The first-order valence-corrected chi connectivity index (χ1v) is 4.62. The number of aryl methyl sites for hydroxylation is 1. The van der Waals surface area contributed by atoms with Crippen molar-refractivity contribution in [2.45, 2.75) is 6.92 Å². The fourth-order valence-electron chi connectivity index (χ4n) is 1.65. The van der Waals surface area contributed by atoms with Gasteiger partial charge < -0.3 is 0 Å². The van der Waals surface area contributed by atoms with Crippen molar-refractivity contribution in [1.29, 1.82) is 5.26 Å². The molecule has 0 unspecified atom stereocenters. The lowest BCUT2D eigenvalue weighted by atomic mass is 9.92. The van der Waals surface area contributed by atoms with E-state index < -0.39 is 0 Å². The van der Waals surface area contributed by atoms with Crippen molar-refractivity contribution in [2.75, 3.05) is 0 Å². The quantitative estimate of drug-likeness (QED) is 0.558. The molecular formula is C12H10BN. The molecule has 66 valence electrons. The van der Waals surface area contributed by atoms with Crippen LogP contribution in [-0.2, 0) is 0 Å². The average molecular weight is 179 g/mol. The second kappa shape index (κ2) is 3.19. The van der Waals surface area contributed by atoms with Crippen molar-refractivity contribution >= 4 is 24.1 Å². The van der Waals surface area contributed by atoms with Gasteiger partial charge in [-0.1, -0.05) is 29.7 Å². The molecule has 0 atom stereocenters. The van der Waals surface area contributed by atoms with Crippen molar-refractivity contribution in [1.82, 2.24) is 0 Å². The molecule has 0 amide bonds. The van der Waals surface area contributed by atoms with Gasteiger partial charge in [-0.3, -0.25) is 0 Å². The molecule has 0 bridgehead atoms. The highest BCUT2D eigenvalue weighted by Gasteiger charge is 2.00. The summed E-state index contributed by atoms with van der Waals surface area (Å²) in [5.41, 5.74) is 3.04. The van der Waals surface area contributed by atoms with E-state index in [1.165, 1.54) is 10.8 Å². The fourth-order valence-corrected chi connectivity index (χ4v) is 1.65. The zero-order valence-electron chi connectivity index (χ0n) is 8.33. The molecule has 0 spiro atoms. The first-order chi connectivity index (χ1) is 6.70. The van der Waals surface area contributed by atoms with Crippen LogP contribution in [0.1, 0.15) is 11.1 Å². The zero-order valence-corrected chi connectivity index (χ0v) is 8.33. The van der Waals surface area contributed by atoms with Gasteiger partial charge in [-0.2, -0.15) is 5.26 Å². The van der Waals surface area contributed by atoms with E-state index in [0.29, 0.717) is 0 Å². The van der Waals surface area contributed by atoms with Gasteiger partial charge in [-0.25, -0.2) is 0 Å². The van der Waals surface area contributed by atoms with Crippen LogP contribution in [0.3, 0.4) is 0 Å². The number of hydrogen-bond acceptors (Lipinski definition) is 1. The standard InChI is InChI=1S/C12H10BN/c1-8-4-9-2-3-12(13)6-10(9)5-11(8)7-14/h2-6H,13H2,1H3. The minimum atomic E-state index is 0.767. The van der Waals surface area contributed by atoms with E-state index in [9.17, 15) is 0 Å². The smallest absolute Gasteiger partial charge is 0.139 e. The van der Waals surface area contributed by atoms with Crippen LogP contribution in [0.15, 0.2) is 30.3 Å². The predicted octanol–water partition coefficient (Wildman–Crippen LogP) is 1.28. The Balaban J connectivity index is 2.82. The maximum Gasteiger partial charge on any atom is 0.139 e. The lowest BCUT2D eigenvalue weighted by Gasteiger charge is -2.02. The van der Waals surface area contributed by atoms with Gasteiger partial charge in [-0.15, -0.1) is 0 Å². The van der Waals surface area contributed by atoms with Gasteiger partial charge in [0.1, 0.15) is 7.85 Å². The molecular weight excluding hydrogens is 169 g/mol. The van der Waals surface area contributed by atoms with Crippen molar-refractivity contribution in [3.63, 3.8) is 0 Å². The Hall–Kier alpha value is -1.75. The summed E-state index contributed by atoms with van der Waals surface area (Å²) < 4.78 is 0. The minimum Gasteiger partial charge on any atom is -0.192 e. The lowest BCUT2D eigenvalue weighted by Crippen LogP contribution is -1.99. The zero-order chi connectivity index (χ0) is 10.1. The van der Waals surface area contributed by atoms with Crippen LogP contribution in [-0.4, -0.2) is 7.85 Å². The van der Waals surface area contributed by atoms with Gasteiger partial charge in [0.2, 0.25) is 0 Å². The van der Waals surface area contributed by atoms with Crippen LogP contribution in [0.5, 0.6) is 0 Å². The van der Waals surface area contributed by atoms with Crippen molar-refractivity contribution in [3.05, 3.63) is 41.5 Å².